The van der Waals surface area contributed by atoms with Gasteiger partial charge in [0.05, 0.1) is 12.0 Å². The van der Waals surface area contributed by atoms with Crippen LogP contribution >= 0.6 is 0 Å². The van der Waals surface area contributed by atoms with Gasteiger partial charge in [0.15, 0.2) is 0 Å². The summed E-state index contributed by atoms with van der Waals surface area (Å²) < 4.78 is 34.5. The topological polar surface area (TPSA) is 81.2 Å². The van der Waals surface area contributed by atoms with Crippen molar-refractivity contribution in [3.05, 3.63) is 83.9 Å². The summed E-state index contributed by atoms with van der Waals surface area (Å²) in [6.07, 6.45) is 0. The summed E-state index contributed by atoms with van der Waals surface area (Å²) in [4.78, 5) is 0.217. The Labute approximate surface area is 182 Å². The Morgan fingerprint density at radius 3 is 2.29 bits per heavy atom. The number of nitrogens with zero attached hydrogens (tertiary/aromatic N) is 2. The average Bonchev–Trinajstić information content (AvgIpc) is 2.79. The van der Waals surface area contributed by atoms with Crippen LogP contribution in [0.2, 0.25) is 0 Å². The van der Waals surface area contributed by atoms with Crippen LogP contribution in [0.25, 0.3) is 22.0 Å². The molecule has 0 saturated heterocycles. The molecule has 0 spiro atoms. The fourth-order valence-corrected chi connectivity index (χ4v) is 5.09. The maximum atomic E-state index is 13.2. The predicted molar refractivity (Wildman–Crippen MR) is 121 cm³/mol. The summed E-state index contributed by atoms with van der Waals surface area (Å²) in [6, 6.07) is 22.0. The van der Waals surface area contributed by atoms with Crippen molar-refractivity contribution in [2.45, 2.75) is 24.8 Å². The van der Waals surface area contributed by atoms with Crippen LogP contribution in [-0.4, -0.2) is 25.7 Å². The predicted octanol–water partition coefficient (Wildman–Crippen LogP) is 4.65. The first kappa shape index (κ1) is 21.0. The van der Waals surface area contributed by atoms with Crippen molar-refractivity contribution in [2.75, 3.05) is 7.11 Å². The average molecular weight is 434 g/mol. The maximum absolute atomic E-state index is 13.2. The first-order chi connectivity index (χ1) is 14.9. The number of methoxy groups -OCH3 is 1. The van der Waals surface area contributed by atoms with Crippen molar-refractivity contribution in [3.8, 4) is 17.1 Å². The van der Waals surface area contributed by atoms with Crippen molar-refractivity contribution in [1.29, 1.82) is 0 Å². The molecule has 3 aromatic carbocycles. The molecule has 6 nitrogen and oxygen atoms in total. The van der Waals surface area contributed by atoms with Crippen LogP contribution in [0, 0.1) is 6.92 Å². The van der Waals surface area contributed by atoms with Crippen LogP contribution < -0.4 is 9.46 Å². The second kappa shape index (κ2) is 8.45. The molecule has 1 N–H and O–H groups in total. The van der Waals surface area contributed by atoms with Crippen molar-refractivity contribution in [3.63, 3.8) is 0 Å². The molecule has 4 aromatic rings. The van der Waals surface area contributed by atoms with Crippen LogP contribution in [-0.2, 0) is 10.0 Å². The Balaban J connectivity index is 1.77. The second-order valence-corrected chi connectivity index (χ2v) is 9.02. The van der Waals surface area contributed by atoms with E-state index in [-0.39, 0.29) is 10.9 Å². The lowest BCUT2D eigenvalue weighted by Gasteiger charge is -2.17. The molecule has 0 fully saturated rings. The van der Waals surface area contributed by atoms with Gasteiger partial charge < -0.3 is 4.74 Å². The molecule has 158 valence electrons. The van der Waals surface area contributed by atoms with Gasteiger partial charge in [0.1, 0.15) is 5.69 Å². The number of hydrogen-bond donors (Lipinski definition) is 1. The molecule has 1 aromatic heterocycles. The standard InChI is InChI=1S/C24H23N3O3S/c1-16-13-14-19(23-20-11-7-8-12-21(20)24(30-3)26-25-23)15-22(16)31(28,29)27-17(2)18-9-5-4-6-10-18/h4-15,17,27H,1-3H3/t17-/m0/s1. The summed E-state index contributed by atoms with van der Waals surface area (Å²) in [5, 5.41) is 10.1. The molecule has 0 radical (unpaired) electrons. The molecular formula is C24H23N3O3S. The Hall–Kier alpha value is -3.29. The zero-order valence-electron chi connectivity index (χ0n) is 17.5. The number of ether oxygens (including phenoxy) is 1. The summed E-state index contributed by atoms with van der Waals surface area (Å²) in [5.74, 6) is 0.428. The third kappa shape index (κ3) is 4.15. The fourth-order valence-electron chi connectivity index (χ4n) is 3.59. The molecule has 4 rings (SSSR count). The summed E-state index contributed by atoms with van der Waals surface area (Å²) in [6.45, 7) is 3.61. The van der Waals surface area contributed by atoms with Gasteiger partial charge in [0.2, 0.25) is 15.9 Å². The van der Waals surface area contributed by atoms with E-state index in [1.165, 1.54) is 0 Å². The van der Waals surface area contributed by atoms with Crippen molar-refractivity contribution in [1.82, 2.24) is 14.9 Å². The van der Waals surface area contributed by atoms with Gasteiger partial charge in [0.25, 0.3) is 0 Å². The number of sulfonamides is 1. The SMILES string of the molecule is COc1nnc(-c2ccc(C)c(S(=O)(=O)N[C@@H](C)c3ccccc3)c2)c2ccccc12. The minimum Gasteiger partial charge on any atom is -0.479 e. The second-order valence-electron chi connectivity index (χ2n) is 7.34. The van der Waals surface area contributed by atoms with Crippen LogP contribution in [0.15, 0.2) is 77.7 Å². The highest BCUT2D eigenvalue weighted by atomic mass is 32.2. The van der Waals surface area contributed by atoms with E-state index in [9.17, 15) is 8.42 Å². The van der Waals surface area contributed by atoms with E-state index in [0.717, 1.165) is 16.3 Å². The maximum Gasteiger partial charge on any atom is 0.241 e. The Morgan fingerprint density at radius 2 is 1.58 bits per heavy atom. The first-order valence-corrected chi connectivity index (χ1v) is 11.4. The number of rotatable bonds is 6. The summed E-state index contributed by atoms with van der Waals surface area (Å²) in [7, 11) is -2.21. The quantitative estimate of drug-likeness (QED) is 0.479. The lowest BCUT2D eigenvalue weighted by Crippen LogP contribution is -2.27. The van der Waals surface area contributed by atoms with Crippen LogP contribution in [0.4, 0.5) is 0 Å². The Morgan fingerprint density at radius 1 is 0.903 bits per heavy atom. The van der Waals surface area contributed by atoms with Gasteiger partial charge in [0, 0.05) is 22.4 Å². The van der Waals surface area contributed by atoms with E-state index >= 15 is 0 Å². The summed E-state index contributed by atoms with van der Waals surface area (Å²) in [5.41, 5.74) is 2.82. The zero-order chi connectivity index (χ0) is 22.0. The summed E-state index contributed by atoms with van der Waals surface area (Å²) >= 11 is 0. The molecule has 1 atom stereocenters. The first-order valence-electron chi connectivity index (χ1n) is 9.88. The highest BCUT2D eigenvalue weighted by Crippen LogP contribution is 2.32. The highest BCUT2D eigenvalue weighted by molar-refractivity contribution is 7.89. The molecule has 0 aliphatic carbocycles. The number of benzene rings is 3. The van der Waals surface area contributed by atoms with Gasteiger partial charge in [-0.1, -0.05) is 60.7 Å². The van der Waals surface area contributed by atoms with Gasteiger partial charge in [-0.15, -0.1) is 10.2 Å². The number of nitrogens with one attached hydrogen (secondary N) is 1. The minimum absolute atomic E-state index is 0.217. The molecular weight excluding hydrogens is 410 g/mol. The third-order valence-corrected chi connectivity index (χ3v) is 6.91. The normalized spacial score (nSPS) is 12.6. The van der Waals surface area contributed by atoms with Gasteiger partial charge in [-0.2, -0.15) is 0 Å². The molecule has 0 unspecified atom stereocenters. The Kier molecular flexibility index (Phi) is 5.71. The van der Waals surface area contributed by atoms with Crippen molar-refractivity contribution in [2.24, 2.45) is 0 Å². The molecule has 7 heteroatoms. The van der Waals surface area contributed by atoms with E-state index in [1.54, 1.807) is 26.2 Å². The van der Waals surface area contributed by atoms with Crippen LogP contribution in [0.5, 0.6) is 5.88 Å². The van der Waals surface area contributed by atoms with Crippen molar-refractivity contribution >= 4 is 20.8 Å². The number of fused-ring (bicyclic) bond motifs is 1. The van der Waals surface area contributed by atoms with Gasteiger partial charge >= 0.3 is 0 Å². The minimum atomic E-state index is -3.76. The molecule has 0 amide bonds. The lowest BCUT2D eigenvalue weighted by molar-refractivity contribution is 0.398. The third-order valence-electron chi connectivity index (χ3n) is 5.23. The Bertz CT molecular complexity index is 1340. The van der Waals surface area contributed by atoms with E-state index in [1.807, 2.05) is 67.6 Å². The van der Waals surface area contributed by atoms with E-state index in [2.05, 4.69) is 14.9 Å². The number of hydrogen-bond acceptors (Lipinski definition) is 5. The molecule has 0 bridgehead atoms. The molecule has 0 aliphatic heterocycles. The highest BCUT2D eigenvalue weighted by Gasteiger charge is 2.22. The molecule has 0 aliphatic rings. The van der Waals surface area contributed by atoms with E-state index in [0.29, 0.717) is 22.7 Å². The lowest BCUT2D eigenvalue weighted by atomic mass is 10.0. The van der Waals surface area contributed by atoms with E-state index < -0.39 is 10.0 Å². The molecule has 1 heterocycles. The number of aromatic nitrogens is 2. The van der Waals surface area contributed by atoms with Gasteiger partial charge in [-0.3, -0.25) is 0 Å². The smallest absolute Gasteiger partial charge is 0.241 e. The molecule has 31 heavy (non-hydrogen) atoms. The van der Waals surface area contributed by atoms with Crippen LogP contribution in [0.1, 0.15) is 24.1 Å². The van der Waals surface area contributed by atoms with Gasteiger partial charge in [-0.05, 0) is 37.1 Å². The van der Waals surface area contributed by atoms with E-state index in [4.69, 9.17) is 4.74 Å². The van der Waals surface area contributed by atoms with Gasteiger partial charge in [-0.25, -0.2) is 13.1 Å². The fraction of sp³-hybridized carbons (Fsp3) is 0.167. The number of aryl methyl sites for hydroxylation is 1. The molecule has 0 saturated carbocycles. The monoisotopic (exact) mass is 433 g/mol. The largest absolute Gasteiger partial charge is 0.479 e. The van der Waals surface area contributed by atoms with Crippen molar-refractivity contribution < 1.29 is 13.2 Å². The zero-order valence-corrected chi connectivity index (χ0v) is 18.3. The van der Waals surface area contributed by atoms with Crippen LogP contribution in [0.3, 0.4) is 0 Å².